The van der Waals surface area contributed by atoms with E-state index in [0.29, 0.717) is 0 Å². The van der Waals surface area contributed by atoms with E-state index in [1.165, 1.54) is 0 Å². The highest BCUT2D eigenvalue weighted by molar-refractivity contribution is 7.80. The van der Waals surface area contributed by atoms with E-state index >= 15 is 0 Å². The van der Waals surface area contributed by atoms with Gasteiger partial charge in [0.2, 0.25) is 0 Å². The van der Waals surface area contributed by atoms with Crippen LogP contribution in [0.5, 0.6) is 0 Å². The molecule has 0 fully saturated rings. The summed E-state index contributed by atoms with van der Waals surface area (Å²) in [6.07, 6.45) is 0. The lowest BCUT2D eigenvalue weighted by Crippen LogP contribution is -2.42. The van der Waals surface area contributed by atoms with Gasteiger partial charge in [-0.3, -0.25) is 0 Å². The first kappa shape index (κ1) is 20.7. The van der Waals surface area contributed by atoms with E-state index in [0.717, 1.165) is 51.8 Å². The molecule has 1 aromatic heterocycles. The van der Waals surface area contributed by atoms with Gasteiger partial charge in [-0.2, -0.15) is 0 Å². The van der Waals surface area contributed by atoms with Gasteiger partial charge in [-0.15, -0.1) is 36.6 Å². The highest BCUT2D eigenvalue weighted by Crippen LogP contribution is 2.32. The largest absolute Gasteiger partial charge is 0.443 e. The van der Waals surface area contributed by atoms with Crippen molar-refractivity contribution in [1.29, 1.82) is 0 Å². The van der Waals surface area contributed by atoms with Crippen molar-refractivity contribution < 1.29 is 10.0 Å². The van der Waals surface area contributed by atoms with Gasteiger partial charge in [-0.25, -0.2) is 0 Å². The molecule has 150 valence electrons. The van der Waals surface area contributed by atoms with Gasteiger partial charge < -0.3 is 10.0 Å². The fourth-order valence-corrected chi connectivity index (χ4v) is 5.46. The van der Waals surface area contributed by atoms with E-state index in [4.69, 9.17) is 0 Å². The van der Waals surface area contributed by atoms with E-state index in [9.17, 15) is 10.0 Å². The molecule has 0 bridgehead atoms. The van der Waals surface area contributed by atoms with Crippen LogP contribution in [0.4, 0.5) is 0 Å². The van der Waals surface area contributed by atoms with Crippen LogP contribution in [0.1, 0.15) is 0 Å². The van der Waals surface area contributed by atoms with Gasteiger partial charge in [-0.1, -0.05) is 60.7 Å². The van der Waals surface area contributed by atoms with Gasteiger partial charge in [0.05, 0.1) is 0 Å². The van der Waals surface area contributed by atoms with Gasteiger partial charge in [0.15, 0.2) is 0 Å². The molecule has 2 N–H and O–H groups in total. The van der Waals surface area contributed by atoms with Crippen molar-refractivity contribution in [3.63, 3.8) is 0 Å². The molecule has 0 aliphatic heterocycles. The molecule has 0 atom stereocenters. The van der Waals surface area contributed by atoms with Gasteiger partial charge >= 0.3 is 13.8 Å². The monoisotopic (exact) mass is 456 g/mol. The zero-order chi connectivity index (χ0) is 21.5. The number of thiophene rings is 1. The zero-order valence-corrected chi connectivity index (χ0v) is 19.0. The third-order valence-corrected chi connectivity index (χ3v) is 7.23. The van der Waals surface area contributed by atoms with Crippen molar-refractivity contribution in [3.8, 4) is 0 Å². The topological polar surface area (TPSA) is 40.5 Å². The Balaban J connectivity index is 1.59. The minimum Gasteiger partial charge on any atom is -0.443 e. The van der Waals surface area contributed by atoms with Crippen molar-refractivity contribution in [2.75, 3.05) is 0 Å². The molecule has 0 saturated carbocycles. The molecule has 5 aromatic rings. The summed E-state index contributed by atoms with van der Waals surface area (Å²) in [5.41, 5.74) is 3.29. The van der Waals surface area contributed by atoms with Crippen molar-refractivity contribution in [1.82, 2.24) is 0 Å². The van der Waals surface area contributed by atoms with Gasteiger partial charge in [0, 0.05) is 19.2 Å². The van der Waals surface area contributed by atoms with Gasteiger partial charge in [0.25, 0.3) is 0 Å². The van der Waals surface area contributed by atoms with Gasteiger partial charge in [-0.05, 0) is 56.9 Å². The molecule has 0 aliphatic carbocycles. The normalized spacial score (nSPS) is 11.2. The Kier molecular flexibility index (Phi) is 5.63. The number of rotatable bonds is 4. The predicted molar refractivity (Wildman–Crippen MR) is 141 cm³/mol. The second-order valence-electron chi connectivity index (χ2n) is 7.61. The summed E-state index contributed by atoms with van der Waals surface area (Å²) < 4.78 is 2.30. The second-order valence-corrected chi connectivity index (χ2v) is 9.72. The molecular weight excluding hydrogens is 438 g/mol. The average molecular weight is 456 g/mol. The molecule has 0 amide bonds. The van der Waals surface area contributed by atoms with Crippen molar-refractivity contribution in [3.05, 3.63) is 84.9 Å². The van der Waals surface area contributed by atoms with E-state index in [1.807, 2.05) is 60.7 Å². The number of benzene rings is 4. The number of thiol groups is 2. The first-order valence-corrected chi connectivity index (χ1v) is 11.6. The molecule has 0 unspecified atom stereocenters. The first-order valence-electron chi connectivity index (χ1n) is 9.90. The number of fused-ring (bicyclic) bond motifs is 3. The van der Waals surface area contributed by atoms with E-state index in [2.05, 4.69) is 49.5 Å². The summed E-state index contributed by atoms with van der Waals surface area (Å²) in [4.78, 5) is 1.64. The summed E-state index contributed by atoms with van der Waals surface area (Å²) in [6.45, 7) is -1.45. The third kappa shape index (κ3) is 4.04. The molecule has 0 saturated heterocycles. The van der Waals surface area contributed by atoms with Crippen LogP contribution in [0.25, 0.3) is 20.2 Å². The van der Waals surface area contributed by atoms with Crippen LogP contribution in [0, 0.1) is 0 Å². The van der Waals surface area contributed by atoms with Crippen LogP contribution in [0.3, 0.4) is 0 Å². The van der Waals surface area contributed by atoms with Crippen LogP contribution >= 0.6 is 36.6 Å². The zero-order valence-electron chi connectivity index (χ0n) is 16.4. The van der Waals surface area contributed by atoms with Crippen LogP contribution < -0.4 is 21.9 Å². The van der Waals surface area contributed by atoms with Crippen LogP contribution in [0.2, 0.25) is 0 Å². The summed E-state index contributed by atoms with van der Waals surface area (Å²) in [6, 6.07) is 27.3. The first-order chi connectivity index (χ1) is 15.0. The SMILES string of the molecule is OB(c1cccc(S)c1)c1ccc2sc3ccc(B(O)c4cccc(S)c4)cc3c2c1. The second kappa shape index (κ2) is 8.41. The predicted octanol–water partition coefficient (Wildman–Crippen LogP) is 2.83. The van der Waals surface area contributed by atoms with Gasteiger partial charge in [0.1, 0.15) is 0 Å². The molecule has 7 heteroatoms. The summed E-state index contributed by atoms with van der Waals surface area (Å²) in [7, 11) is 0. The number of hydrogen-bond acceptors (Lipinski definition) is 5. The van der Waals surface area contributed by atoms with Crippen LogP contribution in [-0.4, -0.2) is 23.9 Å². The Morgan fingerprint density at radius 2 is 0.968 bits per heavy atom. The fraction of sp³-hybridized carbons (Fsp3) is 0. The fourth-order valence-electron chi connectivity index (χ4n) is 3.93. The van der Waals surface area contributed by atoms with Crippen molar-refractivity contribution >= 4 is 92.4 Å². The Hall–Kier alpha value is -2.15. The summed E-state index contributed by atoms with van der Waals surface area (Å²) in [5, 5.41) is 24.0. The Morgan fingerprint density at radius 1 is 0.548 bits per heavy atom. The van der Waals surface area contributed by atoms with E-state index in [-0.39, 0.29) is 0 Å². The molecule has 0 spiro atoms. The minimum absolute atomic E-state index is 0.724. The summed E-state index contributed by atoms with van der Waals surface area (Å²) >= 11 is 10.5. The quantitative estimate of drug-likeness (QED) is 0.248. The molecule has 2 nitrogen and oxygen atoms in total. The maximum atomic E-state index is 10.9. The van der Waals surface area contributed by atoms with Crippen LogP contribution in [0.15, 0.2) is 94.7 Å². The minimum atomic E-state index is -0.724. The van der Waals surface area contributed by atoms with Crippen molar-refractivity contribution in [2.24, 2.45) is 0 Å². The smallest absolute Gasteiger partial charge is 0.359 e. The van der Waals surface area contributed by atoms with Crippen LogP contribution in [-0.2, 0) is 0 Å². The molecule has 5 rings (SSSR count). The molecular formula is C24H18B2O2S3. The molecule has 4 aromatic carbocycles. The average Bonchev–Trinajstić information content (AvgIpc) is 3.15. The van der Waals surface area contributed by atoms with E-state index < -0.39 is 13.8 Å². The standard InChI is InChI=1S/C24H18B2O2S3/c27-25(15-3-1-5-19(29)11-15)17-7-9-23-21(13-17)22-14-18(8-10-24(22)31-23)26(28)16-4-2-6-20(30)12-16/h1-14,27-30H. The highest BCUT2D eigenvalue weighted by atomic mass is 32.1. The third-order valence-electron chi connectivity index (χ3n) is 5.52. The molecule has 0 aliphatic rings. The maximum Gasteiger partial charge on any atom is 0.359 e. The maximum absolute atomic E-state index is 10.9. The lowest BCUT2D eigenvalue weighted by atomic mass is 9.55. The lowest BCUT2D eigenvalue weighted by Gasteiger charge is -2.09. The highest BCUT2D eigenvalue weighted by Gasteiger charge is 2.21. The Labute approximate surface area is 196 Å². The summed E-state index contributed by atoms with van der Waals surface area (Å²) in [5.74, 6) is 0. The lowest BCUT2D eigenvalue weighted by molar-refractivity contribution is 0.599. The van der Waals surface area contributed by atoms with Crippen molar-refractivity contribution in [2.45, 2.75) is 9.79 Å². The number of hydrogen-bond donors (Lipinski definition) is 4. The molecule has 31 heavy (non-hydrogen) atoms. The Morgan fingerprint density at radius 3 is 1.39 bits per heavy atom. The van der Waals surface area contributed by atoms with E-state index in [1.54, 1.807) is 11.3 Å². The molecule has 0 radical (unpaired) electrons. The molecule has 1 heterocycles. The Bertz CT molecular complexity index is 1310.